The first-order valence-corrected chi connectivity index (χ1v) is 9.67. The summed E-state index contributed by atoms with van der Waals surface area (Å²) in [6.07, 6.45) is 0. The van der Waals surface area contributed by atoms with Gasteiger partial charge in [0.05, 0.1) is 14.6 Å². The molecular weight excluding hydrogens is 385 g/mol. The van der Waals surface area contributed by atoms with Crippen molar-refractivity contribution in [3.8, 4) is 0 Å². The van der Waals surface area contributed by atoms with E-state index in [0.29, 0.717) is 15.3 Å². The average Bonchev–Trinajstić information content (AvgIpc) is 2.93. The highest BCUT2D eigenvalue weighted by Gasteiger charge is 2.18. The number of halogens is 1. The van der Waals surface area contributed by atoms with Gasteiger partial charge in [-0.1, -0.05) is 0 Å². The highest BCUT2D eigenvalue weighted by molar-refractivity contribution is 7.91. The van der Waals surface area contributed by atoms with Crippen LogP contribution in [0.25, 0.3) is 10.3 Å². The zero-order valence-electron chi connectivity index (χ0n) is 13.3. The van der Waals surface area contributed by atoms with Crippen LogP contribution in [0.4, 0.5) is 9.39 Å². The molecule has 10 heteroatoms. The Kier molecular flexibility index (Phi) is 4.55. The van der Waals surface area contributed by atoms with Crippen LogP contribution in [0.3, 0.4) is 0 Å². The molecule has 2 N–H and O–H groups in total. The number of anilines is 1. The van der Waals surface area contributed by atoms with E-state index in [1.165, 1.54) is 24.3 Å². The van der Waals surface area contributed by atoms with Crippen LogP contribution in [-0.2, 0) is 9.84 Å². The van der Waals surface area contributed by atoms with Crippen molar-refractivity contribution < 1.29 is 27.1 Å². The normalized spacial score (nSPS) is 11.6. The molecule has 3 rings (SSSR count). The number of fused-ring (bicyclic) bond motifs is 1. The van der Waals surface area contributed by atoms with Crippen molar-refractivity contribution in [1.82, 2.24) is 0 Å². The Hall–Kier alpha value is -2.72. The Morgan fingerprint density at radius 2 is 2.00 bits per heavy atom. The minimum atomic E-state index is -3.80. The van der Waals surface area contributed by atoms with Crippen molar-refractivity contribution in [2.75, 3.05) is 11.2 Å². The zero-order valence-corrected chi connectivity index (χ0v) is 14.9. The first-order valence-electron chi connectivity index (χ1n) is 7.20. The summed E-state index contributed by atoms with van der Waals surface area (Å²) in [6, 6.07) is 6.10. The fourth-order valence-electron chi connectivity index (χ4n) is 2.28. The number of thiophene rings is 1. The van der Waals surface area contributed by atoms with Gasteiger partial charge in [0.15, 0.2) is 15.4 Å². The molecule has 2 aromatic heterocycles. The van der Waals surface area contributed by atoms with Gasteiger partial charge in [-0.3, -0.25) is 0 Å². The van der Waals surface area contributed by atoms with Gasteiger partial charge in [0, 0.05) is 6.07 Å². The van der Waals surface area contributed by atoms with E-state index in [0.717, 1.165) is 17.4 Å². The molecule has 0 aliphatic rings. The molecule has 0 aliphatic carbocycles. The summed E-state index contributed by atoms with van der Waals surface area (Å²) >= 11 is 1.03. The average molecular weight is 397 g/mol. The van der Waals surface area contributed by atoms with Gasteiger partial charge in [-0.15, -0.1) is 11.3 Å². The highest BCUT2D eigenvalue weighted by atomic mass is 32.2. The monoisotopic (exact) mass is 397 g/mol. The number of sulfone groups is 1. The SMILES string of the molecule is Cc1cc(F)cc(S(=O)(=O)CNc2cc3oc(=O)c(C(=O)O)cc3s2)c1. The van der Waals surface area contributed by atoms with Gasteiger partial charge in [0.1, 0.15) is 17.3 Å². The van der Waals surface area contributed by atoms with E-state index >= 15 is 0 Å². The molecule has 7 nitrogen and oxygen atoms in total. The smallest absolute Gasteiger partial charge is 0.351 e. The maximum atomic E-state index is 13.4. The van der Waals surface area contributed by atoms with Gasteiger partial charge < -0.3 is 14.8 Å². The summed E-state index contributed by atoms with van der Waals surface area (Å²) in [5.74, 6) is -2.56. The quantitative estimate of drug-likeness (QED) is 0.680. The molecule has 3 aromatic rings. The Balaban J connectivity index is 1.87. The Labute approximate surface area is 150 Å². The van der Waals surface area contributed by atoms with Gasteiger partial charge in [-0.25, -0.2) is 22.4 Å². The summed E-state index contributed by atoms with van der Waals surface area (Å²) in [6.45, 7) is 1.59. The van der Waals surface area contributed by atoms with Gasteiger partial charge in [0.2, 0.25) is 0 Å². The van der Waals surface area contributed by atoms with Crippen LogP contribution in [-0.4, -0.2) is 25.4 Å². The molecule has 0 fully saturated rings. The molecule has 0 radical (unpaired) electrons. The van der Waals surface area contributed by atoms with Crippen LogP contribution in [0.5, 0.6) is 0 Å². The van der Waals surface area contributed by atoms with Crippen LogP contribution in [0.1, 0.15) is 15.9 Å². The third-order valence-corrected chi connectivity index (χ3v) is 5.96. The summed E-state index contributed by atoms with van der Waals surface area (Å²) in [4.78, 5) is 22.4. The summed E-state index contributed by atoms with van der Waals surface area (Å²) in [5.41, 5.74) is -0.870. The van der Waals surface area contributed by atoms with Crippen molar-refractivity contribution in [2.45, 2.75) is 11.8 Å². The van der Waals surface area contributed by atoms with Crippen LogP contribution in [0.15, 0.2) is 44.4 Å². The summed E-state index contributed by atoms with van der Waals surface area (Å²) in [5, 5.41) is 12.0. The zero-order chi connectivity index (χ0) is 19.1. The lowest BCUT2D eigenvalue weighted by atomic mass is 10.2. The predicted octanol–water partition coefficient (Wildman–Crippen LogP) is 2.84. The Bertz CT molecular complexity index is 1160. The second-order valence-corrected chi connectivity index (χ2v) is 8.57. The van der Waals surface area contributed by atoms with Gasteiger partial charge in [-0.05, 0) is 36.8 Å². The van der Waals surface area contributed by atoms with Crippen LogP contribution < -0.4 is 10.9 Å². The number of nitrogens with one attached hydrogen (secondary N) is 1. The molecule has 0 atom stereocenters. The van der Waals surface area contributed by atoms with E-state index in [2.05, 4.69) is 5.32 Å². The van der Waals surface area contributed by atoms with Crippen molar-refractivity contribution in [1.29, 1.82) is 0 Å². The largest absolute Gasteiger partial charge is 0.477 e. The van der Waals surface area contributed by atoms with Crippen LogP contribution in [0, 0.1) is 12.7 Å². The number of aromatic carboxylic acids is 1. The number of rotatable bonds is 5. The predicted molar refractivity (Wildman–Crippen MR) is 94.1 cm³/mol. The summed E-state index contributed by atoms with van der Waals surface area (Å²) < 4.78 is 43.4. The highest BCUT2D eigenvalue weighted by Crippen LogP contribution is 2.30. The molecule has 0 amide bonds. The lowest BCUT2D eigenvalue weighted by Crippen LogP contribution is -2.14. The topological polar surface area (TPSA) is 114 Å². The molecular formula is C16H12FNO6S2. The molecule has 0 saturated carbocycles. The maximum Gasteiger partial charge on any atom is 0.351 e. The van der Waals surface area contributed by atoms with E-state index in [9.17, 15) is 22.4 Å². The van der Waals surface area contributed by atoms with E-state index in [-0.39, 0.29) is 10.5 Å². The molecule has 136 valence electrons. The standard InChI is InChI=1S/C16H12FNO6S2/c1-8-2-9(17)4-10(3-8)26(22,23)7-18-14-6-12-13(25-14)5-11(15(19)20)16(21)24-12/h2-6,18H,7H2,1H3,(H,19,20). The van der Waals surface area contributed by atoms with Crippen molar-refractivity contribution in [3.05, 3.63) is 57.7 Å². The fourth-order valence-corrected chi connectivity index (χ4v) is 4.47. The second kappa shape index (κ2) is 6.54. The van der Waals surface area contributed by atoms with E-state index < -0.39 is 38.7 Å². The molecule has 2 heterocycles. The van der Waals surface area contributed by atoms with Crippen LogP contribution in [0.2, 0.25) is 0 Å². The number of hydrogen-bond acceptors (Lipinski definition) is 7. The van der Waals surface area contributed by atoms with Gasteiger partial charge in [-0.2, -0.15) is 0 Å². The minimum absolute atomic E-state index is 0.145. The summed E-state index contributed by atoms with van der Waals surface area (Å²) in [7, 11) is -3.80. The molecule has 0 spiro atoms. The minimum Gasteiger partial charge on any atom is -0.477 e. The third-order valence-electron chi connectivity index (χ3n) is 3.46. The lowest BCUT2D eigenvalue weighted by molar-refractivity contribution is 0.0692. The van der Waals surface area contributed by atoms with E-state index in [1.807, 2.05) is 0 Å². The number of hydrogen-bond donors (Lipinski definition) is 2. The molecule has 0 unspecified atom stereocenters. The lowest BCUT2D eigenvalue weighted by Gasteiger charge is -2.07. The Morgan fingerprint density at radius 3 is 2.65 bits per heavy atom. The molecule has 0 saturated heterocycles. The number of aryl methyl sites for hydroxylation is 1. The molecule has 0 aliphatic heterocycles. The van der Waals surface area contributed by atoms with Crippen molar-refractivity contribution in [3.63, 3.8) is 0 Å². The second-order valence-electron chi connectivity index (χ2n) is 5.49. The van der Waals surface area contributed by atoms with E-state index in [4.69, 9.17) is 9.52 Å². The van der Waals surface area contributed by atoms with E-state index in [1.54, 1.807) is 6.92 Å². The van der Waals surface area contributed by atoms with Gasteiger partial charge in [0.25, 0.3) is 0 Å². The Morgan fingerprint density at radius 1 is 1.27 bits per heavy atom. The molecule has 1 aromatic carbocycles. The number of carboxylic acid groups (broad SMARTS) is 1. The fraction of sp³-hybridized carbons (Fsp3) is 0.125. The number of carboxylic acids is 1. The van der Waals surface area contributed by atoms with Crippen molar-refractivity contribution >= 4 is 42.4 Å². The first kappa shape index (κ1) is 18.1. The number of carbonyl (C=O) groups is 1. The third kappa shape index (κ3) is 3.60. The maximum absolute atomic E-state index is 13.4. The molecule has 26 heavy (non-hydrogen) atoms. The molecule has 0 bridgehead atoms. The number of benzene rings is 1. The van der Waals surface area contributed by atoms with Gasteiger partial charge >= 0.3 is 11.6 Å². The first-order chi connectivity index (χ1) is 12.2. The van der Waals surface area contributed by atoms with Crippen molar-refractivity contribution in [2.24, 2.45) is 0 Å². The van der Waals surface area contributed by atoms with Crippen LogP contribution >= 0.6 is 11.3 Å².